The number of aryl methyl sites for hydroxylation is 2. The lowest BCUT2D eigenvalue weighted by Crippen LogP contribution is -2.46. The Morgan fingerprint density at radius 1 is 1.07 bits per heavy atom. The summed E-state index contributed by atoms with van der Waals surface area (Å²) in [5, 5.41) is 8.40. The molecule has 0 amide bonds. The van der Waals surface area contributed by atoms with Gasteiger partial charge in [-0.25, -0.2) is 9.67 Å². The molecule has 0 atom stereocenters. The summed E-state index contributed by atoms with van der Waals surface area (Å²) in [5.41, 5.74) is 2.01. The maximum Gasteiger partial charge on any atom is 0.240 e. The van der Waals surface area contributed by atoms with Gasteiger partial charge in [0.1, 0.15) is 12.4 Å². The first kappa shape index (κ1) is 18.5. The molecule has 0 aliphatic carbocycles. The SMILES string of the molecule is COCc1noc(CN2CCN(c3cncc(-n4nc(C)cc4C)n3)CC2)n1. The Labute approximate surface area is 163 Å². The molecule has 0 bridgehead atoms. The highest BCUT2D eigenvalue weighted by Crippen LogP contribution is 2.17. The predicted octanol–water partition coefficient (Wildman–Crippen LogP) is 1.13. The van der Waals surface area contributed by atoms with Crippen LogP contribution in [0.25, 0.3) is 5.82 Å². The standard InChI is InChI=1S/C18H24N8O2/c1-13-8-14(2)26(22-13)17-10-19-9-16(21-17)25-6-4-24(5-7-25)11-18-20-15(12-27-3)23-28-18/h8-10H,4-7,11-12H2,1-3H3. The first-order valence-electron chi connectivity index (χ1n) is 9.26. The van der Waals surface area contributed by atoms with Crippen LogP contribution in [0.5, 0.6) is 0 Å². The van der Waals surface area contributed by atoms with Crippen molar-refractivity contribution in [2.24, 2.45) is 0 Å². The van der Waals surface area contributed by atoms with Crippen molar-refractivity contribution in [2.45, 2.75) is 27.0 Å². The van der Waals surface area contributed by atoms with E-state index in [1.807, 2.05) is 24.6 Å². The molecule has 10 nitrogen and oxygen atoms in total. The van der Waals surface area contributed by atoms with E-state index in [0.717, 1.165) is 49.2 Å². The van der Waals surface area contributed by atoms with Gasteiger partial charge in [0.25, 0.3) is 0 Å². The molecule has 148 valence electrons. The van der Waals surface area contributed by atoms with E-state index in [-0.39, 0.29) is 0 Å². The van der Waals surface area contributed by atoms with Gasteiger partial charge in [-0.1, -0.05) is 5.16 Å². The highest BCUT2D eigenvalue weighted by atomic mass is 16.5. The topological polar surface area (TPSA) is 98.2 Å². The highest BCUT2D eigenvalue weighted by molar-refractivity contribution is 5.40. The largest absolute Gasteiger partial charge is 0.377 e. The minimum Gasteiger partial charge on any atom is -0.377 e. The molecule has 28 heavy (non-hydrogen) atoms. The molecule has 3 aromatic rings. The first-order chi connectivity index (χ1) is 13.6. The molecule has 0 unspecified atom stereocenters. The van der Waals surface area contributed by atoms with Gasteiger partial charge in [0.05, 0.1) is 24.6 Å². The minimum atomic E-state index is 0.363. The molecule has 1 aliphatic rings. The maximum atomic E-state index is 5.28. The lowest BCUT2D eigenvalue weighted by atomic mass is 10.3. The van der Waals surface area contributed by atoms with Gasteiger partial charge < -0.3 is 14.2 Å². The van der Waals surface area contributed by atoms with Crippen LogP contribution in [0.4, 0.5) is 5.82 Å². The Kier molecular flexibility index (Phi) is 5.31. The summed E-state index contributed by atoms with van der Waals surface area (Å²) in [6, 6.07) is 2.03. The Morgan fingerprint density at radius 2 is 1.86 bits per heavy atom. The lowest BCUT2D eigenvalue weighted by molar-refractivity contribution is 0.174. The van der Waals surface area contributed by atoms with Crippen molar-refractivity contribution in [3.05, 3.63) is 41.6 Å². The Balaban J connectivity index is 1.38. The van der Waals surface area contributed by atoms with Crippen molar-refractivity contribution < 1.29 is 9.26 Å². The molecule has 0 aromatic carbocycles. The molecular weight excluding hydrogens is 360 g/mol. The molecule has 1 fully saturated rings. The Bertz CT molecular complexity index is 929. The van der Waals surface area contributed by atoms with E-state index >= 15 is 0 Å². The fourth-order valence-corrected chi connectivity index (χ4v) is 3.33. The number of nitrogens with zero attached hydrogens (tertiary/aromatic N) is 8. The van der Waals surface area contributed by atoms with Gasteiger partial charge in [-0.2, -0.15) is 10.1 Å². The molecule has 0 N–H and O–H groups in total. The monoisotopic (exact) mass is 384 g/mol. The second-order valence-electron chi connectivity index (χ2n) is 6.87. The zero-order chi connectivity index (χ0) is 19.5. The number of rotatable bonds is 6. The maximum absolute atomic E-state index is 5.28. The summed E-state index contributed by atoms with van der Waals surface area (Å²) in [6.07, 6.45) is 3.55. The fraction of sp³-hybridized carbons (Fsp3) is 0.500. The van der Waals surface area contributed by atoms with Crippen molar-refractivity contribution in [3.63, 3.8) is 0 Å². The van der Waals surface area contributed by atoms with E-state index in [1.54, 1.807) is 19.5 Å². The third-order valence-corrected chi connectivity index (χ3v) is 4.67. The van der Waals surface area contributed by atoms with Crippen LogP contribution in [0.3, 0.4) is 0 Å². The van der Waals surface area contributed by atoms with Gasteiger partial charge in [0.15, 0.2) is 11.6 Å². The van der Waals surface area contributed by atoms with E-state index in [9.17, 15) is 0 Å². The third kappa shape index (κ3) is 4.02. The van der Waals surface area contributed by atoms with Crippen molar-refractivity contribution in [1.29, 1.82) is 0 Å². The second kappa shape index (κ2) is 8.03. The number of methoxy groups -OCH3 is 1. The Morgan fingerprint density at radius 3 is 2.57 bits per heavy atom. The molecule has 1 saturated heterocycles. The molecule has 4 rings (SSSR count). The Hall–Kier alpha value is -2.85. The lowest BCUT2D eigenvalue weighted by Gasteiger charge is -2.34. The molecular formula is C18H24N8O2. The van der Waals surface area contributed by atoms with Gasteiger partial charge in [0.2, 0.25) is 5.89 Å². The number of piperazine rings is 1. The minimum absolute atomic E-state index is 0.363. The van der Waals surface area contributed by atoms with Crippen LogP contribution in [0, 0.1) is 13.8 Å². The third-order valence-electron chi connectivity index (χ3n) is 4.67. The van der Waals surface area contributed by atoms with Gasteiger partial charge in [0, 0.05) is 39.0 Å². The molecule has 4 heterocycles. The molecule has 3 aromatic heterocycles. The van der Waals surface area contributed by atoms with Crippen LogP contribution in [0.15, 0.2) is 23.0 Å². The number of ether oxygens (including phenoxy) is 1. The first-order valence-corrected chi connectivity index (χ1v) is 9.26. The summed E-state index contributed by atoms with van der Waals surface area (Å²) < 4.78 is 12.1. The molecule has 0 spiro atoms. The van der Waals surface area contributed by atoms with Gasteiger partial charge in [-0.05, 0) is 19.9 Å². The zero-order valence-corrected chi connectivity index (χ0v) is 16.4. The average molecular weight is 384 g/mol. The van der Waals surface area contributed by atoms with Crippen LogP contribution < -0.4 is 4.90 Å². The number of anilines is 1. The van der Waals surface area contributed by atoms with E-state index < -0.39 is 0 Å². The van der Waals surface area contributed by atoms with Crippen molar-refractivity contribution >= 4 is 5.82 Å². The highest BCUT2D eigenvalue weighted by Gasteiger charge is 2.21. The van der Waals surface area contributed by atoms with E-state index in [4.69, 9.17) is 14.2 Å². The summed E-state index contributed by atoms with van der Waals surface area (Å²) in [6.45, 7) is 8.47. The van der Waals surface area contributed by atoms with E-state index in [0.29, 0.717) is 24.9 Å². The second-order valence-corrected chi connectivity index (χ2v) is 6.87. The summed E-state index contributed by atoms with van der Waals surface area (Å²) in [4.78, 5) is 18.0. The smallest absolute Gasteiger partial charge is 0.240 e. The molecule has 10 heteroatoms. The van der Waals surface area contributed by atoms with Crippen LogP contribution in [0.2, 0.25) is 0 Å². The predicted molar refractivity (Wildman–Crippen MR) is 101 cm³/mol. The molecule has 1 aliphatic heterocycles. The van der Waals surface area contributed by atoms with Crippen molar-refractivity contribution in [3.8, 4) is 5.82 Å². The quantitative estimate of drug-likeness (QED) is 0.619. The van der Waals surface area contributed by atoms with Crippen molar-refractivity contribution in [2.75, 3.05) is 38.2 Å². The number of aromatic nitrogens is 6. The summed E-state index contributed by atoms with van der Waals surface area (Å²) in [5.74, 6) is 2.80. The fourth-order valence-electron chi connectivity index (χ4n) is 3.33. The number of hydrogen-bond donors (Lipinski definition) is 0. The molecule has 0 radical (unpaired) electrons. The van der Waals surface area contributed by atoms with Crippen LogP contribution in [-0.2, 0) is 17.9 Å². The number of hydrogen-bond acceptors (Lipinski definition) is 9. The normalized spacial score (nSPS) is 15.3. The van der Waals surface area contributed by atoms with Crippen molar-refractivity contribution in [1.82, 2.24) is 34.8 Å². The van der Waals surface area contributed by atoms with Gasteiger partial charge in [-0.3, -0.25) is 9.88 Å². The van der Waals surface area contributed by atoms with E-state index in [1.165, 1.54) is 0 Å². The van der Waals surface area contributed by atoms with Gasteiger partial charge >= 0.3 is 0 Å². The van der Waals surface area contributed by atoms with Crippen LogP contribution in [0.1, 0.15) is 23.1 Å². The van der Waals surface area contributed by atoms with Gasteiger partial charge in [-0.15, -0.1) is 0 Å². The summed E-state index contributed by atoms with van der Waals surface area (Å²) >= 11 is 0. The van der Waals surface area contributed by atoms with Crippen LogP contribution >= 0.6 is 0 Å². The average Bonchev–Trinajstić information content (AvgIpc) is 3.28. The van der Waals surface area contributed by atoms with E-state index in [2.05, 4.69) is 30.0 Å². The zero-order valence-electron chi connectivity index (χ0n) is 16.4. The van der Waals surface area contributed by atoms with Crippen LogP contribution in [-0.4, -0.2) is 68.1 Å². The molecule has 0 saturated carbocycles. The summed E-state index contributed by atoms with van der Waals surface area (Å²) in [7, 11) is 1.61.